The fourth-order valence-electron chi connectivity index (χ4n) is 2.88. The average molecular weight is 385 g/mol. The van der Waals surface area contributed by atoms with Crippen LogP contribution < -0.4 is 5.32 Å². The third-order valence-corrected chi connectivity index (χ3v) is 6.45. The Morgan fingerprint density at radius 3 is 2.58 bits per heavy atom. The van der Waals surface area contributed by atoms with Crippen molar-refractivity contribution in [2.75, 3.05) is 40.1 Å². The maximum absolute atomic E-state index is 12.7. The van der Waals surface area contributed by atoms with E-state index in [-0.39, 0.29) is 5.91 Å². The molecule has 0 spiro atoms. The van der Waals surface area contributed by atoms with Crippen molar-refractivity contribution in [3.63, 3.8) is 0 Å². The Hall–Kier alpha value is -1.78. The van der Waals surface area contributed by atoms with Gasteiger partial charge in [0.1, 0.15) is 11.6 Å². The quantitative estimate of drug-likeness (QED) is 0.780. The van der Waals surface area contributed by atoms with Crippen LogP contribution in [0.15, 0.2) is 6.07 Å². The van der Waals surface area contributed by atoms with E-state index in [4.69, 9.17) is 0 Å². The van der Waals surface area contributed by atoms with Gasteiger partial charge in [-0.3, -0.25) is 4.79 Å². The van der Waals surface area contributed by atoms with Crippen molar-refractivity contribution in [1.29, 1.82) is 0 Å². The number of carbonyl (C=O) groups excluding carboxylic acids is 1. The van der Waals surface area contributed by atoms with Gasteiger partial charge in [-0.1, -0.05) is 6.42 Å². The lowest BCUT2D eigenvalue weighted by Gasteiger charge is -2.35. The molecule has 0 unspecified atom stereocenters. The number of rotatable bonds is 6. The van der Waals surface area contributed by atoms with Crippen LogP contribution in [0.5, 0.6) is 0 Å². The summed E-state index contributed by atoms with van der Waals surface area (Å²) in [5, 5.41) is 2.99. The van der Waals surface area contributed by atoms with Gasteiger partial charge in [-0.25, -0.2) is 9.97 Å². The predicted molar refractivity (Wildman–Crippen MR) is 99.6 cm³/mol. The van der Waals surface area contributed by atoms with E-state index in [0.29, 0.717) is 36.8 Å². The molecule has 26 heavy (non-hydrogen) atoms. The third-order valence-electron chi connectivity index (χ3n) is 4.50. The summed E-state index contributed by atoms with van der Waals surface area (Å²) in [5.74, 6) is 1.01. The molecule has 9 nitrogen and oxygen atoms in total. The summed E-state index contributed by atoms with van der Waals surface area (Å²) < 4.78 is 28.1. The maximum Gasteiger partial charge on any atom is 0.282 e. The molecule has 1 N–H and O–H groups in total. The molecule has 1 saturated heterocycles. The topological polar surface area (TPSA) is 98.7 Å². The summed E-state index contributed by atoms with van der Waals surface area (Å²) >= 11 is 0. The van der Waals surface area contributed by atoms with Crippen molar-refractivity contribution in [3.8, 4) is 0 Å². The first-order valence-corrected chi connectivity index (χ1v) is 10.0. The predicted octanol–water partition coefficient (Wildman–Crippen LogP) is 0.830. The number of carbonyl (C=O) groups is 1. The normalized spacial score (nSPS) is 18.8. The Morgan fingerprint density at radius 2 is 2.00 bits per heavy atom. The van der Waals surface area contributed by atoms with Crippen molar-refractivity contribution in [1.82, 2.24) is 23.5 Å². The van der Waals surface area contributed by atoms with Crippen molar-refractivity contribution in [2.24, 2.45) is 0 Å². The zero-order valence-electron chi connectivity index (χ0n) is 16.1. The highest BCUT2D eigenvalue weighted by Gasteiger charge is 2.36. The third kappa shape index (κ3) is 4.49. The molecule has 1 amide bonds. The maximum atomic E-state index is 12.7. The highest BCUT2D eigenvalue weighted by molar-refractivity contribution is 7.86. The molecule has 1 aliphatic rings. The number of amides is 1. The molecule has 10 heteroatoms. The lowest BCUT2D eigenvalue weighted by atomic mass is 10.0. The van der Waals surface area contributed by atoms with Crippen LogP contribution in [0, 0.1) is 0 Å². The van der Waals surface area contributed by atoms with Gasteiger partial charge in [-0.2, -0.15) is 17.0 Å². The Labute approximate surface area is 155 Å². The first-order chi connectivity index (χ1) is 12.2. The molecule has 2 heterocycles. The second-order valence-corrected chi connectivity index (χ2v) is 8.74. The van der Waals surface area contributed by atoms with Crippen LogP contribution in [0.2, 0.25) is 0 Å². The van der Waals surface area contributed by atoms with Crippen molar-refractivity contribution in [3.05, 3.63) is 17.6 Å². The van der Waals surface area contributed by atoms with E-state index in [1.807, 2.05) is 0 Å². The molecule has 2 rings (SSSR count). The number of piperidine rings is 1. The molecule has 146 valence electrons. The van der Waals surface area contributed by atoms with Gasteiger partial charge in [0.15, 0.2) is 0 Å². The van der Waals surface area contributed by atoms with E-state index in [1.54, 1.807) is 25.1 Å². The van der Waals surface area contributed by atoms with Crippen molar-refractivity contribution < 1.29 is 13.2 Å². The monoisotopic (exact) mass is 384 g/mol. The van der Waals surface area contributed by atoms with Crippen LogP contribution in [0.4, 0.5) is 5.82 Å². The number of nitrogens with one attached hydrogen (secondary N) is 1. The number of hydrogen-bond acceptors (Lipinski definition) is 6. The fourth-order valence-corrected chi connectivity index (χ4v) is 4.18. The molecule has 1 aromatic rings. The zero-order chi connectivity index (χ0) is 19.5. The van der Waals surface area contributed by atoms with E-state index in [0.717, 1.165) is 12.8 Å². The Morgan fingerprint density at radius 1 is 1.31 bits per heavy atom. The standard InChI is InChI=1S/C16H28N6O3S/c1-12(23)21(5)11-13-10-15(17-2)19-16(18-13)14-8-6-7-9-22(14)26(24,25)20(3)4/h10,14H,6-9,11H2,1-5H3,(H,17,18,19)/t14-/m0/s1. The lowest BCUT2D eigenvalue weighted by molar-refractivity contribution is -0.128. The molecule has 0 bridgehead atoms. The van der Waals surface area contributed by atoms with E-state index >= 15 is 0 Å². The molecule has 1 atom stereocenters. The molecule has 1 aliphatic heterocycles. The number of aromatic nitrogens is 2. The SMILES string of the molecule is CNc1cc(CN(C)C(C)=O)nc([C@@H]2CCCCN2S(=O)(=O)N(C)C)n1. The lowest BCUT2D eigenvalue weighted by Crippen LogP contribution is -2.45. The van der Waals surface area contributed by atoms with Crippen LogP contribution in [0.3, 0.4) is 0 Å². The molecule has 1 fully saturated rings. The first kappa shape index (κ1) is 20.5. The van der Waals surface area contributed by atoms with Crippen LogP contribution >= 0.6 is 0 Å². The van der Waals surface area contributed by atoms with E-state index < -0.39 is 16.3 Å². The Kier molecular flexibility index (Phi) is 6.53. The van der Waals surface area contributed by atoms with Gasteiger partial charge in [0, 0.05) is 47.7 Å². The van der Waals surface area contributed by atoms with Gasteiger partial charge >= 0.3 is 0 Å². The summed E-state index contributed by atoms with van der Waals surface area (Å²) in [6, 6.07) is 1.36. The highest BCUT2D eigenvalue weighted by Crippen LogP contribution is 2.32. The minimum Gasteiger partial charge on any atom is -0.373 e. The van der Waals surface area contributed by atoms with E-state index in [1.165, 1.54) is 29.6 Å². The molecule has 0 saturated carbocycles. The molecule has 0 aromatic carbocycles. The van der Waals surface area contributed by atoms with Gasteiger partial charge in [-0.15, -0.1) is 0 Å². The number of nitrogens with zero attached hydrogens (tertiary/aromatic N) is 5. The summed E-state index contributed by atoms with van der Waals surface area (Å²) in [6.45, 7) is 2.28. The number of hydrogen-bond donors (Lipinski definition) is 1. The molecular formula is C16H28N6O3S. The van der Waals surface area contributed by atoms with Gasteiger partial charge in [0.25, 0.3) is 10.2 Å². The summed E-state index contributed by atoms with van der Waals surface area (Å²) in [5.41, 5.74) is 0.671. The van der Waals surface area contributed by atoms with Crippen molar-refractivity contribution in [2.45, 2.75) is 38.8 Å². The Bertz CT molecular complexity index is 752. The summed E-state index contributed by atoms with van der Waals surface area (Å²) in [7, 11) is 2.94. The molecule has 0 radical (unpaired) electrons. The van der Waals surface area contributed by atoms with Gasteiger partial charge in [0.05, 0.1) is 18.3 Å². The van der Waals surface area contributed by atoms with E-state index in [2.05, 4.69) is 15.3 Å². The summed E-state index contributed by atoms with van der Waals surface area (Å²) in [6.07, 6.45) is 2.40. The van der Waals surface area contributed by atoms with Gasteiger partial charge < -0.3 is 10.2 Å². The smallest absolute Gasteiger partial charge is 0.282 e. The first-order valence-electron chi connectivity index (χ1n) is 8.63. The van der Waals surface area contributed by atoms with Crippen LogP contribution in [-0.4, -0.2) is 72.5 Å². The van der Waals surface area contributed by atoms with E-state index in [9.17, 15) is 13.2 Å². The number of anilines is 1. The average Bonchev–Trinajstić information content (AvgIpc) is 2.61. The van der Waals surface area contributed by atoms with Gasteiger partial charge in [-0.05, 0) is 12.8 Å². The second-order valence-electron chi connectivity index (χ2n) is 6.64. The van der Waals surface area contributed by atoms with Crippen molar-refractivity contribution >= 4 is 21.9 Å². The molecule has 0 aliphatic carbocycles. The molecular weight excluding hydrogens is 356 g/mol. The minimum atomic E-state index is -3.56. The van der Waals surface area contributed by atoms with Crippen LogP contribution in [0.1, 0.15) is 43.7 Å². The minimum absolute atomic E-state index is 0.0642. The second kappa shape index (κ2) is 8.28. The molecule has 1 aromatic heterocycles. The summed E-state index contributed by atoms with van der Waals surface area (Å²) in [4.78, 5) is 22.2. The van der Waals surface area contributed by atoms with Gasteiger partial charge in [0.2, 0.25) is 5.91 Å². The fraction of sp³-hybridized carbons (Fsp3) is 0.688. The Balaban J connectivity index is 2.42. The largest absolute Gasteiger partial charge is 0.373 e. The van der Waals surface area contributed by atoms with Crippen LogP contribution in [0.25, 0.3) is 0 Å². The van der Waals surface area contributed by atoms with Crippen LogP contribution in [-0.2, 0) is 21.5 Å². The zero-order valence-corrected chi connectivity index (χ0v) is 16.9. The highest BCUT2D eigenvalue weighted by atomic mass is 32.2.